The standard InChI is InChI=1S/C10H12N4O2/c1-15-8-9(11)13-6-14-10(8)12-4-7-2-3-16-5-7/h2-3,5-6H,4H2,1H3,(H3,11,12,13,14). The molecule has 0 atom stereocenters. The molecule has 0 saturated heterocycles. The number of methoxy groups -OCH3 is 1. The highest BCUT2D eigenvalue weighted by Gasteiger charge is 2.08. The van der Waals surface area contributed by atoms with Gasteiger partial charge in [-0.2, -0.15) is 0 Å². The zero-order valence-corrected chi connectivity index (χ0v) is 8.80. The summed E-state index contributed by atoms with van der Waals surface area (Å²) in [5.41, 5.74) is 6.66. The van der Waals surface area contributed by atoms with E-state index in [0.29, 0.717) is 23.9 Å². The third-order valence-corrected chi connectivity index (χ3v) is 2.08. The van der Waals surface area contributed by atoms with Crippen molar-refractivity contribution in [3.63, 3.8) is 0 Å². The summed E-state index contributed by atoms with van der Waals surface area (Å²) in [4.78, 5) is 7.89. The number of furan rings is 1. The highest BCUT2D eigenvalue weighted by molar-refractivity contribution is 5.61. The predicted molar refractivity (Wildman–Crippen MR) is 59.0 cm³/mol. The zero-order chi connectivity index (χ0) is 11.4. The molecule has 6 heteroatoms. The number of hydrogen-bond acceptors (Lipinski definition) is 6. The number of hydrogen-bond donors (Lipinski definition) is 2. The second kappa shape index (κ2) is 4.52. The van der Waals surface area contributed by atoms with Gasteiger partial charge >= 0.3 is 0 Å². The number of nitrogens with one attached hydrogen (secondary N) is 1. The van der Waals surface area contributed by atoms with Gasteiger partial charge in [0, 0.05) is 12.1 Å². The lowest BCUT2D eigenvalue weighted by atomic mass is 10.3. The highest BCUT2D eigenvalue weighted by Crippen LogP contribution is 2.26. The normalized spacial score (nSPS) is 10.1. The van der Waals surface area contributed by atoms with E-state index in [1.54, 1.807) is 12.5 Å². The Bertz CT molecular complexity index is 456. The second-order valence-electron chi connectivity index (χ2n) is 3.13. The summed E-state index contributed by atoms with van der Waals surface area (Å²) in [6.45, 7) is 0.587. The summed E-state index contributed by atoms with van der Waals surface area (Å²) in [6.07, 6.45) is 4.65. The van der Waals surface area contributed by atoms with Gasteiger partial charge < -0.3 is 20.2 Å². The van der Waals surface area contributed by atoms with Crippen LogP contribution in [-0.2, 0) is 6.54 Å². The smallest absolute Gasteiger partial charge is 0.203 e. The quantitative estimate of drug-likeness (QED) is 0.807. The van der Waals surface area contributed by atoms with E-state index >= 15 is 0 Å². The maximum Gasteiger partial charge on any atom is 0.203 e. The molecule has 0 radical (unpaired) electrons. The molecule has 2 aromatic rings. The number of rotatable bonds is 4. The Kier molecular flexibility index (Phi) is 2.90. The minimum Gasteiger partial charge on any atom is -0.490 e. The van der Waals surface area contributed by atoms with Crippen LogP contribution in [0.2, 0.25) is 0 Å². The van der Waals surface area contributed by atoms with E-state index in [9.17, 15) is 0 Å². The van der Waals surface area contributed by atoms with E-state index in [0.717, 1.165) is 5.56 Å². The van der Waals surface area contributed by atoms with Crippen molar-refractivity contribution in [3.05, 3.63) is 30.5 Å². The van der Waals surface area contributed by atoms with E-state index in [4.69, 9.17) is 14.9 Å². The zero-order valence-electron chi connectivity index (χ0n) is 8.80. The first-order chi connectivity index (χ1) is 7.81. The van der Waals surface area contributed by atoms with Gasteiger partial charge in [-0.05, 0) is 6.07 Å². The van der Waals surface area contributed by atoms with Gasteiger partial charge in [0.2, 0.25) is 5.75 Å². The minimum absolute atomic E-state index is 0.312. The fourth-order valence-corrected chi connectivity index (χ4v) is 1.29. The molecular formula is C10H12N4O2. The molecular weight excluding hydrogens is 208 g/mol. The SMILES string of the molecule is COc1c(N)ncnc1NCc1ccoc1. The molecule has 6 nitrogen and oxygen atoms in total. The van der Waals surface area contributed by atoms with Crippen molar-refractivity contribution < 1.29 is 9.15 Å². The molecule has 0 bridgehead atoms. The van der Waals surface area contributed by atoms with Crippen LogP contribution in [0.25, 0.3) is 0 Å². The lowest BCUT2D eigenvalue weighted by Crippen LogP contribution is -2.05. The second-order valence-corrected chi connectivity index (χ2v) is 3.13. The summed E-state index contributed by atoms with van der Waals surface area (Å²) in [5, 5.41) is 3.09. The third-order valence-electron chi connectivity index (χ3n) is 2.08. The molecule has 2 aromatic heterocycles. The summed E-state index contributed by atoms with van der Waals surface area (Å²) in [6, 6.07) is 1.87. The van der Waals surface area contributed by atoms with Crippen molar-refractivity contribution in [3.8, 4) is 5.75 Å². The fraction of sp³-hybridized carbons (Fsp3) is 0.200. The van der Waals surface area contributed by atoms with Gasteiger partial charge in [0.1, 0.15) is 6.33 Å². The lowest BCUT2D eigenvalue weighted by Gasteiger charge is -2.09. The Morgan fingerprint density at radius 1 is 1.50 bits per heavy atom. The van der Waals surface area contributed by atoms with Gasteiger partial charge in [0.15, 0.2) is 11.6 Å². The topological polar surface area (TPSA) is 86.2 Å². The van der Waals surface area contributed by atoms with Crippen molar-refractivity contribution in [2.24, 2.45) is 0 Å². The maximum atomic E-state index is 5.65. The molecule has 2 rings (SSSR count). The number of nitrogens with zero attached hydrogens (tertiary/aromatic N) is 2. The fourth-order valence-electron chi connectivity index (χ4n) is 1.29. The van der Waals surface area contributed by atoms with Crippen molar-refractivity contribution >= 4 is 11.6 Å². The third kappa shape index (κ3) is 2.05. The Labute approximate surface area is 92.5 Å². The van der Waals surface area contributed by atoms with Gasteiger partial charge in [0.05, 0.1) is 19.6 Å². The first-order valence-corrected chi connectivity index (χ1v) is 4.70. The van der Waals surface area contributed by atoms with Crippen LogP contribution < -0.4 is 15.8 Å². The molecule has 0 aliphatic heterocycles. The average molecular weight is 220 g/mol. The Morgan fingerprint density at radius 3 is 3.06 bits per heavy atom. The van der Waals surface area contributed by atoms with Crippen LogP contribution >= 0.6 is 0 Å². The van der Waals surface area contributed by atoms with Crippen molar-refractivity contribution in [2.45, 2.75) is 6.54 Å². The molecule has 0 fully saturated rings. The van der Waals surface area contributed by atoms with Crippen LogP contribution in [-0.4, -0.2) is 17.1 Å². The van der Waals surface area contributed by atoms with Crippen molar-refractivity contribution in [1.29, 1.82) is 0 Å². The van der Waals surface area contributed by atoms with E-state index in [1.165, 1.54) is 13.4 Å². The van der Waals surface area contributed by atoms with Crippen molar-refractivity contribution in [1.82, 2.24) is 9.97 Å². The molecule has 0 amide bonds. The van der Waals surface area contributed by atoms with Gasteiger partial charge in [-0.1, -0.05) is 0 Å². The van der Waals surface area contributed by atoms with Gasteiger partial charge in [-0.3, -0.25) is 0 Å². The molecule has 2 heterocycles. The Balaban J connectivity index is 2.12. The Morgan fingerprint density at radius 2 is 2.38 bits per heavy atom. The summed E-state index contributed by atoms with van der Waals surface area (Å²) in [7, 11) is 1.53. The number of anilines is 2. The van der Waals surface area contributed by atoms with Crippen LogP contribution in [0, 0.1) is 0 Å². The van der Waals surface area contributed by atoms with Crippen LogP contribution in [0.1, 0.15) is 5.56 Å². The van der Waals surface area contributed by atoms with Crippen LogP contribution in [0.4, 0.5) is 11.6 Å². The van der Waals surface area contributed by atoms with Gasteiger partial charge in [-0.15, -0.1) is 0 Å². The monoisotopic (exact) mass is 220 g/mol. The van der Waals surface area contributed by atoms with E-state index in [-0.39, 0.29) is 0 Å². The number of nitrogen functional groups attached to an aromatic ring is 1. The number of nitrogens with two attached hydrogens (primary N) is 1. The molecule has 0 aliphatic rings. The molecule has 0 spiro atoms. The molecule has 0 aliphatic carbocycles. The largest absolute Gasteiger partial charge is 0.490 e. The molecule has 0 saturated carbocycles. The van der Waals surface area contributed by atoms with Crippen LogP contribution in [0.5, 0.6) is 5.75 Å². The molecule has 0 unspecified atom stereocenters. The van der Waals surface area contributed by atoms with Crippen molar-refractivity contribution in [2.75, 3.05) is 18.2 Å². The summed E-state index contributed by atoms with van der Waals surface area (Å²) < 4.78 is 10.1. The summed E-state index contributed by atoms with van der Waals surface area (Å²) >= 11 is 0. The molecule has 0 aromatic carbocycles. The average Bonchev–Trinajstić information content (AvgIpc) is 2.79. The Hall–Kier alpha value is -2.24. The molecule has 84 valence electrons. The first-order valence-electron chi connectivity index (χ1n) is 4.70. The van der Waals surface area contributed by atoms with Crippen LogP contribution in [0.15, 0.2) is 29.3 Å². The lowest BCUT2D eigenvalue weighted by molar-refractivity contribution is 0.415. The van der Waals surface area contributed by atoms with Gasteiger partial charge in [0.25, 0.3) is 0 Å². The number of aromatic nitrogens is 2. The maximum absolute atomic E-state index is 5.65. The van der Waals surface area contributed by atoms with E-state index in [1.807, 2.05) is 6.07 Å². The van der Waals surface area contributed by atoms with E-state index in [2.05, 4.69) is 15.3 Å². The van der Waals surface area contributed by atoms with Crippen LogP contribution in [0.3, 0.4) is 0 Å². The van der Waals surface area contributed by atoms with E-state index < -0.39 is 0 Å². The first kappa shape index (κ1) is 10.3. The predicted octanol–water partition coefficient (Wildman–Crippen LogP) is 1.27. The number of ether oxygens (including phenoxy) is 1. The highest BCUT2D eigenvalue weighted by atomic mass is 16.5. The minimum atomic E-state index is 0.312. The summed E-state index contributed by atoms with van der Waals surface area (Å²) in [5.74, 6) is 1.33. The van der Waals surface area contributed by atoms with Gasteiger partial charge in [-0.25, -0.2) is 9.97 Å². The molecule has 16 heavy (non-hydrogen) atoms. The molecule has 3 N–H and O–H groups in total.